The van der Waals surface area contributed by atoms with Gasteiger partial charge in [-0.15, -0.1) is 0 Å². The molecule has 1 atom stereocenters. The van der Waals surface area contributed by atoms with Gasteiger partial charge in [0.2, 0.25) is 0 Å². The van der Waals surface area contributed by atoms with Crippen LogP contribution < -0.4 is 11.1 Å². The molecule has 94 valence electrons. The Morgan fingerprint density at radius 2 is 2.00 bits per heavy atom. The van der Waals surface area contributed by atoms with Crippen molar-refractivity contribution in [3.63, 3.8) is 0 Å². The van der Waals surface area contributed by atoms with E-state index in [1.165, 1.54) is 0 Å². The van der Waals surface area contributed by atoms with E-state index in [1.54, 1.807) is 24.3 Å². The van der Waals surface area contributed by atoms with E-state index in [4.69, 9.17) is 17.3 Å². The number of nitrogens with two attached hydrogens (primary N) is 1. The molecule has 0 saturated carbocycles. The third-order valence-electron chi connectivity index (χ3n) is 2.70. The van der Waals surface area contributed by atoms with E-state index in [2.05, 4.69) is 5.32 Å². The molecule has 4 heteroatoms. The smallest absolute Gasteiger partial charge is 0.253 e. The predicted octanol–water partition coefficient (Wildman–Crippen LogP) is 2.44. The molecule has 1 aromatic carbocycles. The van der Waals surface area contributed by atoms with Crippen LogP contribution in [0.15, 0.2) is 24.3 Å². The SMILES string of the molecule is CC(C)(C)C(CN)NC(=O)c1ccccc1Cl. The molecule has 3 nitrogen and oxygen atoms in total. The molecule has 1 rings (SSSR count). The summed E-state index contributed by atoms with van der Waals surface area (Å²) in [6.45, 7) is 6.52. The third-order valence-corrected chi connectivity index (χ3v) is 3.03. The van der Waals surface area contributed by atoms with Crippen molar-refractivity contribution in [3.05, 3.63) is 34.9 Å². The zero-order valence-electron chi connectivity index (χ0n) is 10.5. The van der Waals surface area contributed by atoms with E-state index in [-0.39, 0.29) is 17.4 Å². The first-order valence-electron chi connectivity index (χ1n) is 5.61. The predicted molar refractivity (Wildman–Crippen MR) is 71.2 cm³/mol. The number of carbonyl (C=O) groups excluding carboxylic acids is 1. The minimum absolute atomic E-state index is 0.0775. The lowest BCUT2D eigenvalue weighted by Gasteiger charge is -2.30. The summed E-state index contributed by atoms with van der Waals surface area (Å²) in [5.74, 6) is -0.180. The first-order chi connectivity index (χ1) is 7.86. The quantitative estimate of drug-likeness (QED) is 0.871. The van der Waals surface area contributed by atoms with Gasteiger partial charge in [-0.3, -0.25) is 4.79 Å². The van der Waals surface area contributed by atoms with Gasteiger partial charge in [0.25, 0.3) is 5.91 Å². The molecule has 0 fully saturated rings. The zero-order valence-corrected chi connectivity index (χ0v) is 11.2. The third kappa shape index (κ3) is 3.72. The van der Waals surface area contributed by atoms with Gasteiger partial charge in [0.1, 0.15) is 0 Å². The molecule has 0 saturated heterocycles. The van der Waals surface area contributed by atoms with Gasteiger partial charge in [-0.05, 0) is 17.5 Å². The normalized spacial score (nSPS) is 13.2. The van der Waals surface area contributed by atoms with Crippen LogP contribution in [0, 0.1) is 5.41 Å². The Morgan fingerprint density at radius 1 is 1.41 bits per heavy atom. The van der Waals surface area contributed by atoms with E-state index in [1.807, 2.05) is 20.8 Å². The monoisotopic (exact) mass is 254 g/mol. The minimum Gasteiger partial charge on any atom is -0.347 e. The van der Waals surface area contributed by atoms with Gasteiger partial charge in [0.05, 0.1) is 10.6 Å². The van der Waals surface area contributed by atoms with Gasteiger partial charge in [-0.25, -0.2) is 0 Å². The second kappa shape index (κ2) is 5.52. The Morgan fingerprint density at radius 3 is 2.47 bits per heavy atom. The molecule has 1 aromatic rings. The average molecular weight is 255 g/mol. The van der Waals surface area contributed by atoms with E-state index >= 15 is 0 Å². The maximum atomic E-state index is 12.0. The lowest BCUT2D eigenvalue weighted by Crippen LogP contribution is -2.48. The number of nitrogens with one attached hydrogen (secondary N) is 1. The number of hydrogen-bond acceptors (Lipinski definition) is 2. The Hall–Kier alpha value is -1.06. The van der Waals surface area contributed by atoms with Crippen LogP contribution in [0.4, 0.5) is 0 Å². The number of halogens is 1. The molecule has 0 heterocycles. The van der Waals surface area contributed by atoms with Gasteiger partial charge >= 0.3 is 0 Å². The Labute approximate surface area is 107 Å². The molecule has 0 bridgehead atoms. The Bertz CT molecular complexity index is 399. The van der Waals surface area contributed by atoms with Crippen LogP contribution >= 0.6 is 11.6 Å². The fraction of sp³-hybridized carbons (Fsp3) is 0.462. The van der Waals surface area contributed by atoms with Crippen molar-refractivity contribution in [2.75, 3.05) is 6.54 Å². The second-order valence-electron chi connectivity index (χ2n) is 5.11. The molecule has 0 spiro atoms. The molecule has 0 radical (unpaired) electrons. The molecule has 3 N–H and O–H groups in total. The van der Waals surface area contributed by atoms with Crippen molar-refractivity contribution in [1.29, 1.82) is 0 Å². The van der Waals surface area contributed by atoms with Crippen molar-refractivity contribution in [2.45, 2.75) is 26.8 Å². The topological polar surface area (TPSA) is 55.1 Å². The minimum atomic E-state index is -0.180. The van der Waals surface area contributed by atoms with Crippen LogP contribution in [0.5, 0.6) is 0 Å². The maximum Gasteiger partial charge on any atom is 0.253 e. The summed E-state index contributed by atoms with van der Waals surface area (Å²) in [7, 11) is 0. The molecular formula is C13H19ClN2O. The number of amides is 1. The molecule has 17 heavy (non-hydrogen) atoms. The molecule has 1 unspecified atom stereocenters. The Kier molecular flexibility index (Phi) is 4.54. The molecular weight excluding hydrogens is 236 g/mol. The van der Waals surface area contributed by atoms with Crippen LogP contribution in [0.2, 0.25) is 5.02 Å². The second-order valence-corrected chi connectivity index (χ2v) is 5.51. The van der Waals surface area contributed by atoms with E-state index < -0.39 is 0 Å². The largest absolute Gasteiger partial charge is 0.347 e. The van der Waals surface area contributed by atoms with Gasteiger partial charge in [0, 0.05) is 12.6 Å². The summed E-state index contributed by atoms with van der Waals surface area (Å²) >= 11 is 5.97. The van der Waals surface area contributed by atoms with E-state index in [0.717, 1.165) is 0 Å². The highest BCUT2D eigenvalue weighted by molar-refractivity contribution is 6.33. The standard InChI is InChI=1S/C13H19ClN2O/c1-13(2,3)11(8-15)16-12(17)9-6-4-5-7-10(9)14/h4-7,11H,8,15H2,1-3H3,(H,16,17). The molecule has 0 aliphatic heterocycles. The average Bonchev–Trinajstić information content (AvgIpc) is 2.24. The lowest BCUT2D eigenvalue weighted by molar-refractivity contribution is 0.0905. The first-order valence-corrected chi connectivity index (χ1v) is 5.99. The highest BCUT2D eigenvalue weighted by Gasteiger charge is 2.25. The Balaban J connectivity index is 2.83. The van der Waals surface area contributed by atoms with Crippen LogP contribution in [-0.2, 0) is 0 Å². The first kappa shape index (κ1) is 14.0. The van der Waals surface area contributed by atoms with Crippen molar-refractivity contribution in [3.8, 4) is 0 Å². The summed E-state index contributed by atoms with van der Waals surface area (Å²) in [4.78, 5) is 12.0. The lowest BCUT2D eigenvalue weighted by atomic mass is 9.86. The van der Waals surface area contributed by atoms with Crippen molar-refractivity contribution < 1.29 is 4.79 Å². The zero-order chi connectivity index (χ0) is 13.1. The molecule has 0 aromatic heterocycles. The molecule has 1 amide bonds. The summed E-state index contributed by atoms with van der Waals surface area (Å²) in [5.41, 5.74) is 6.08. The number of carbonyl (C=O) groups is 1. The summed E-state index contributed by atoms with van der Waals surface area (Å²) in [6.07, 6.45) is 0. The summed E-state index contributed by atoms with van der Waals surface area (Å²) < 4.78 is 0. The van der Waals surface area contributed by atoms with Crippen LogP contribution in [-0.4, -0.2) is 18.5 Å². The highest BCUT2D eigenvalue weighted by Crippen LogP contribution is 2.20. The number of rotatable bonds is 3. The summed E-state index contributed by atoms with van der Waals surface area (Å²) in [5, 5.41) is 3.37. The van der Waals surface area contributed by atoms with Gasteiger partial charge in [0.15, 0.2) is 0 Å². The number of hydrogen-bond donors (Lipinski definition) is 2. The van der Waals surface area contributed by atoms with Gasteiger partial charge < -0.3 is 11.1 Å². The van der Waals surface area contributed by atoms with Crippen LogP contribution in [0.1, 0.15) is 31.1 Å². The van der Waals surface area contributed by atoms with Gasteiger partial charge in [-0.2, -0.15) is 0 Å². The van der Waals surface area contributed by atoms with Crippen LogP contribution in [0.25, 0.3) is 0 Å². The summed E-state index contributed by atoms with van der Waals surface area (Å²) in [6, 6.07) is 6.91. The maximum absolute atomic E-state index is 12.0. The number of benzene rings is 1. The van der Waals surface area contributed by atoms with Gasteiger partial charge in [-0.1, -0.05) is 44.5 Å². The molecule has 0 aliphatic rings. The molecule has 0 aliphatic carbocycles. The fourth-order valence-corrected chi connectivity index (χ4v) is 1.73. The van der Waals surface area contributed by atoms with Crippen molar-refractivity contribution in [1.82, 2.24) is 5.32 Å². The highest BCUT2D eigenvalue weighted by atomic mass is 35.5. The van der Waals surface area contributed by atoms with Crippen molar-refractivity contribution >= 4 is 17.5 Å². The van der Waals surface area contributed by atoms with Crippen molar-refractivity contribution in [2.24, 2.45) is 11.1 Å². The van der Waals surface area contributed by atoms with E-state index in [9.17, 15) is 4.79 Å². The van der Waals surface area contributed by atoms with Crippen LogP contribution in [0.3, 0.4) is 0 Å². The fourth-order valence-electron chi connectivity index (χ4n) is 1.51. The van der Waals surface area contributed by atoms with E-state index in [0.29, 0.717) is 17.1 Å².